The maximum absolute atomic E-state index is 13.4. The number of ketones is 1. The molecule has 1 aliphatic carbocycles. The molecule has 1 N–H and O–H groups in total. The summed E-state index contributed by atoms with van der Waals surface area (Å²) in [5.41, 5.74) is 3.73. The smallest absolute Gasteiger partial charge is 0.294 e. The Balaban J connectivity index is 1.58. The first-order chi connectivity index (χ1) is 15.9. The number of aliphatic hydroxyl groups excluding tert-OH is 1. The van der Waals surface area contributed by atoms with Crippen LogP contribution in [0.25, 0.3) is 11.3 Å². The van der Waals surface area contributed by atoms with Gasteiger partial charge in [-0.25, -0.2) is 0 Å². The number of rotatable bonds is 4. The molecule has 0 radical (unpaired) electrons. The summed E-state index contributed by atoms with van der Waals surface area (Å²) in [6, 6.07) is 13.8. The highest BCUT2D eigenvalue weighted by molar-refractivity contribution is 6.21. The van der Waals surface area contributed by atoms with Gasteiger partial charge in [0, 0.05) is 22.9 Å². The van der Waals surface area contributed by atoms with Crippen LogP contribution in [-0.4, -0.2) is 35.1 Å². The third-order valence-corrected chi connectivity index (χ3v) is 6.55. The largest absolute Gasteiger partial charge is 0.503 e. The van der Waals surface area contributed by atoms with Crippen LogP contribution in [-0.2, 0) is 11.2 Å². The highest BCUT2D eigenvalue weighted by atomic mass is 16.5. The monoisotopic (exact) mass is 444 g/mol. The van der Waals surface area contributed by atoms with Crippen LogP contribution in [0.15, 0.2) is 64.4 Å². The summed E-state index contributed by atoms with van der Waals surface area (Å²) in [6.45, 7) is 3.87. The molecule has 3 aromatic rings. The van der Waals surface area contributed by atoms with Gasteiger partial charge < -0.3 is 14.4 Å². The Morgan fingerprint density at radius 1 is 1.12 bits per heavy atom. The van der Waals surface area contributed by atoms with Crippen molar-refractivity contribution in [3.63, 3.8) is 0 Å². The van der Waals surface area contributed by atoms with Crippen molar-refractivity contribution < 1.29 is 24.0 Å². The maximum Gasteiger partial charge on any atom is 0.294 e. The maximum atomic E-state index is 13.4. The van der Waals surface area contributed by atoms with Crippen molar-refractivity contribution in [2.75, 3.05) is 12.0 Å². The number of carbonyl (C=O) groups excluding carboxylic acids is 2. The van der Waals surface area contributed by atoms with E-state index in [1.165, 1.54) is 0 Å². The minimum Gasteiger partial charge on any atom is -0.503 e. The van der Waals surface area contributed by atoms with Crippen LogP contribution in [0.1, 0.15) is 35.0 Å². The fourth-order valence-corrected chi connectivity index (χ4v) is 4.87. The molecule has 5 rings (SSSR count). The third kappa shape index (κ3) is 3.31. The molecule has 0 saturated heterocycles. The molecule has 1 amide bonds. The summed E-state index contributed by atoms with van der Waals surface area (Å²) in [4.78, 5) is 28.2. The molecule has 1 aliphatic heterocycles. The van der Waals surface area contributed by atoms with E-state index in [2.05, 4.69) is 5.16 Å². The van der Waals surface area contributed by atoms with E-state index in [9.17, 15) is 14.7 Å². The minimum absolute atomic E-state index is 0.0846. The van der Waals surface area contributed by atoms with Crippen molar-refractivity contribution >= 4 is 17.4 Å². The van der Waals surface area contributed by atoms with Crippen LogP contribution < -0.4 is 9.64 Å². The number of carbonyl (C=O) groups is 2. The first kappa shape index (κ1) is 21.0. The van der Waals surface area contributed by atoms with Crippen LogP contribution in [0.5, 0.6) is 5.75 Å². The van der Waals surface area contributed by atoms with Crippen molar-refractivity contribution in [3.8, 4) is 17.1 Å². The molecule has 168 valence electrons. The number of nitrogens with zero attached hydrogens (tertiary/aromatic N) is 2. The molecular weight excluding hydrogens is 420 g/mol. The fourth-order valence-electron chi connectivity index (χ4n) is 4.87. The van der Waals surface area contributed by atoms with Crippen molar-refractivity contribution in [1.29, 1.82) is 0 Å². The Bertz CT molecular complexity index is 1290. The third-order valence-electron chi connectivity index (χ3n) is 6.55. The summed E-state index contributed by atoms with van der Waals surface area (Å²) in [7, 11) is 1.60. The Morgan fingerprint density at radius 2 is 1.85 bits per heavy atom. The van der Waals surface area contributed by atoms with Gasteiger partial charge in [0.25, 0.3) is 5.91 Å². The van der Waals surface area contributed by atoms with Crippen molar-refractivity contribution in [2.24, 2.45) is 5.92 Å². The highest BCUT2D eigenvalue weighted by Gasteiger charge is 2.47. The molecule has 2 heterocycles. The van der Waals surface area contributed by atoms with E-state index in [4.69, 9.17) is 9.26 Å². The van der Waals surface area contributed by atoms with E-state index < -0.39 is 17.7 Å². The topological polar surface area (TPSA) is 92.9 Å². The minimum atomic E-state index is -0.573. The number of ether oxygens (including phenoxy) is 1. The van der Waals surface area contributed by atoms with Gasteiger partial charge in [-0.3, -0.25) is 14.5 Å². The van der Waals surface area contributed by atoms with E-state index in [0.29, 0.717) is 35.6 Å². The zero-order valence-electron chi connectivity index (χ0n) is 18.7. The first-order valence-corrected chi connectivity index (χ1v) is 10.9. The van der Waals surface area contributed by atoms with Crippen molar-refractivity contribution in [1.82, 2.24) is 5.16 Å². The number of anilines is 1. The standard InChI is InChI=1S/C26H24N2O5/c1-4-15-12-18-13-17(7-10-20(18)32-3)24(29)22-23(15)28(26(31)25(22)30)19-8-5-16(6-9-19)21-11-14(2)27-33-21/h5-11,13,15,23,30H,4,12H2,1-3H3. The molecule has 33 heavy (non-hydrogen) atoms. The lowest BCUT2D eigenvalue weighted by molar-refractivity contribution is -0.117. The van der Waals surface area contributed by atoms with Gasteiger partial charge in [0.05, 0.1) is 24.4 Å². The first-order valence-electron chi connectivity index (χ1n) is 10.9. The average molecular weight is 444 g/mol. The number of aromatic nitrogens is 1. The van der Waals surface area contributed by atoms with E-state index >= 15 is 0 Å². The van der Waals surface area contributed by atoms with E-state index in [0.717, 1.165) is 16.8 Å². The van der Waals surface area contributed by atoms with Gasteiger partial charge in [-0.1, -0.05) is 18.5 Å². The fraction of sp³-hybridized carbons (Fsp3) is 0.269. The Kier molecular flexibility index (Phi) is 5.04. The SMILES string of the molecule is CCC1Cc2cc(ccc2OC)C(=O)C2=C(O)C(=O)N(c3ccc(-c4cc(C)no4)cc3)C21. The number of amides is 1. The average Bonchev–Trinajstić information content (AvgIpc) is 3.37. The highest BCUT2D eigenvalue weighted by Crippen LogP contribution is 2.41. The molecule has 0 saturated carbocycles. The Labute approximate surface area is 191 Å². The second kappa shape index (κ2) is 7.92. The van der Waals surface area contributed by atoms with Crippen LogP contribution in [0, 0.1) is 12.8 Å². The Hall–Kier alpha value is -3.87. The number of aryl methyl sites for hydroxylation is 1. The predicted octanol–water partition coefficient (Wildman–Crippen LogP) is 4.65. The number of Topliss-reactive ketones (excluding diaryl/α,β-unsaturated/α-hetero) is 1. The Morgan fingerprint density at radius 3 is 2.48 bits per heavy atom. The molecule has 2 aromatic carbocycles. The zero-order chi connectivity index (χ0) is 23.3. The summed E-state index contributed by atoms with van der Waals surface area (Å²) in [5, 5.41) is 14.7. The van der Waals surface area contributed by atoms with Gasteiger partial charge >= 0.3 is 0 Å². The number of benzene rings is 2. The van der Waals surface area contributed by atoms with Gasteiger partial charge in [-0.15, -0.1) is 0 Å². The molecular formula is C26H24N2O5. The summed E-state index contributed by atoms with van der Waals surface area (Å²) >= 11 is 0. The quantitative estimate of drug-likeness (QED) is 0.630. The van der Waals surface area contributed by atoms with Crippen molar-refractivity contribution in [3.05, 3.63) is 76.7 Å². The molecule has 0 fully saturated rings. The second-order valence-electron chi connectivity index (χ2n) is 8.49. The lowest BCUT2D eigenvalue weighted by atomic mass is 9.80. The number of fused-ring (bicyclic) bond motifs is 3. The van der Waals surface area contributed by atoms with Gasteiger partial charge in [0.1, 0.15) is 5.75 Å². The number of hydrogen-bond donors (Lipinski definition) is 1. The number of methoxy groups -OCH3 is 1. The summed E-state index contributed by atoms with van der Waals surface area (Å²) < 4.78 is 10.8. The van der Waals surface area contributed by atoms with Gasteiger partial charge in [-0.2, -0.15) is 0 Å². The van der Waals surface area contributed by atoms with Gasteiger partial charge in [0.15, 0.2) is 17.3 Å². The normalized spacial score (nSPS) is 20.0. The number of aliphatic hydroxyl groups is 1. The van der Waals surface area contributed by atoms with E-state index in [1.54, 1.807) is 36.3 Å². The van der Waals surface area contributed by atoms with E-state index in [-0.39, 0.29) is 17.3 Å². The van der Waals surface area contributed by atoms with Crippen LogP contribution in [0.2, 0.25) is 0 Å². The molecule has 7 nitrogen and oxygen atoms in total. The van der Waals surface area contributed by atoms with Gasteiger partial charge in [0.2, 0.25) is 0 Å². The lowest BCUT2D eigenvalue weighted by Crippen LogP contribution is -2.43. The molecule has 2 atom stereocenters. The van der Waals surface area contributed by atoms with Crippen LogP contribution in [0.3, 0.4) is 0 Å². The van der Waals surface area contributed by atoms with Crippen LogP contribution in [0.4, 0.5) is 5.69 Å². The van der Waals surface area contributed by atoms with E-state index in [1.807, 2.05) is 38.1 Å². The predicted molar refractivity (Wildman–Crippen MR) is 122 cm³/mol. The second-order valence-corrected chi connectivity index (χ2v) is 8.49. The zero-order valence-corrected chi connectivity index (χ0v) is 18.7. The lowest BCUT2D eigenvalue weighted by Gasteiger charge is -2.34. The van der Waals surface area contributed by atoms with Gasteiger partial charge in [-0.05, 0) is 67.3 Å². The number of hydrogen-bond acceptors (Lipinski definition) is 6. The molecule has 2 unspecified atom stereocenters. The molecule has 2 aliphatic rings. The molecule has 2 bridgehead atoms. The van der Waals surface area contributed by atoms with Crippen LogP contribution >= 0.6 is 0 Å². The molecule has 1 aromatic heterocycles. The van der Waals surface area contributed by atoms with Crippen molar-refractivity contribution in [2.45, 2.75) is 32.7 Å². The molecule has 0 spiro atoms. The molecule has 7 heteroatoms. The summed E-state index contributed by atoms with van der Waals surface area (Å²) in [6.07, 6.45) is 1.32. The summed E-state index contributed by atoms with van der Waals surface area (Å²) in [5.74, 6) is -0.108.